The molecule has 4 heteroatoms. The molecule has 0 spiro atoms. The van der Waals surface area contributed by atoms with Gasteiger partial charge in [-0.25, -0.2) is 4.39 Å². The van der Waals surface area contributed by atoms with Crippen molar-refractivity contribution in [2.45, 2.75) is 37.7 Å². The number of alkyl halides is 1. The van der Waals surface area contributed by atoms with E-state index in [2.05, 4.69) is 35.1 Å². The van der Waals surface area contributed by atoms with Crippen molar-refractivity contribution in [3.63, 3.8) is 0 Å². The van der Waals surface area contributed by atoms with E-state index in [1.807, 2.05) is 6.07 Å². The summed E-state index contributed by atoms with van der Waals surface area (Å²) < 4.78 is 13.1. The summed E-state index contributed by atoms with van der Waals surface area (Å²) in [6.45, 7) is 4.80. The predicted molar refractivity (Wildman–Crippen MR) is 70.7 cm³/mol. The Hall–Kier alpha value is -0.120. The molecule has 0 fully saturated rings. The molecule has 2 unspecified atom stereocenters. The third-order valence-corrected chi connectivity index (χ3v) is 3.15. The van der Waals surface area contributed by atoms with Crippen molar-refractivity contribution in [3.8, 4) is 0 Å². The van der Waals surface area contributed by atoms with Gasteiger partial charge in [0.2, 0.25) is 0 Å². The lowest BCUT2D eigenvalue weighted by molar-refractivity contribution is 0.514. The van der Waals surface area contributed by atoms with E-state index >= 15 is 0 Å². The van der Waals surface area contributed by atoms with Crippen molar-refractivity contribution in [3.05, 3.63) is 34.6 Å². The van der Waals surface area contributed by atoms with E-state index < -0.39 is 0 Å². The molecule has 0 amide bonds. The summed E-state index contributed by atoms with van der Waals surface area (Å²) in [5.41, 5.74) is 0.802. The Morgan fingerprint density at radius 2 is 2.12 bits per heavy atom. The highest BCUT2D eigenvalue weighted by Gasteiger charge is 2.08. The lowest BCUT2D eigenvalue weighted by Gasteiger charge is -2.15. The largest absolute Gasteiger partial charge is 0.310 e. The molecule has 0 aliphatic rings. The fourth-order valence-electron chi connectivity index (χ4n) is 1.54. The molecule has 0 heterocycles. The quantitative estimate of drug-likeness (QED) is 0.807. The minimum Gasteiger partial charge on any atom is -0.310 e. The molecule has 0 radical (unpaired) electrons. The molecule has 0 aromatic heterocycles. The van der Waals surface area contributed by atoms with Crippen molar-refractivity contribution in [2.24, 2.45) is 0 Å². The molecule has 0 saturated carbocycles. The molecule has 1 aromatic carbocycles. The highest BCUT2D eigenvalue weighted by atomic mass is 79.9. The summed E-state index contributed by atoms with van der Waals surface area (Å²) in [6, 6.07) is 5.25. The summed E-state index contributed by atoms with van der Waals surface area (Å²) in [4.78, 5) is 0.470. The smallest absolute Gasteiger partial charge is 0.142 e. The van der Waals surface area contributed by atoms with E-state index in [-0.39, 0.29) is 10.8 Å². The van der Waals surface area contributed by atoms with E-state index in [9.17, 15) is 4.39 Å². The minimum absolute atomic E-state index is 0.217. The number of nitrogens with one attached hydrogen (secondary N) is 1. The van der Waals surface area contributed by atoms with Gasteiger partial charge in [0.25, 0.3) is 0 Å². The van der Waals surface area contributed by atoms with Crippen LogP contribution in [0.15, 0.2) is 18.2 Å². The summed E-state index contributed by atoms with van der Waals surface area (Å²) in [5.74, 6) is -0.359. The summed E-state index contributed by atoms with van der Waals surface area (Å²) in [5, 5.41) is 3.53. The first kappa shape index (κ1) is 13.9. The summed E-state index contributed by atoms with van der Waals surface area (Å²) >= 11 is 9.36. The molecule has 1 rings (SSSR count). The van der Waals surface area contributed by atoms with Crippen molar-refractivity contribution < 1.29 is 4.39 Å². The van der Waals surface area contributed by atoms with Gasteiger partial charge in [-0.05, 0) is 25.0 Å². The van der Waals surface area contributed by atoms with Crippen LogP contribution < -0.4 is 5.32 Å². The summed E-state index contributed by atoms with van der Waals surface area (Å²) in [6.07, 6.45) is 1.02. The Bertz CT molecular complexity index is 344. The molecule has 1 N–H and O–H groups in total. The van der Waals surface area contributed by atoms with Crippen molar-refractivity contribution in [2.75, 3.05) is 0 Å². The normalized spacial score (nSPS) is 14.8. The second kappa shape index (κ2) is 6.58. The van der Waals surface area contributed by atoms with Crippen LogP contribution in [-0.4, -0.2) is 10.9 Å². The van der Waals surface area contributed by atoms with Gasteiger partial charge in [0.1, 0.15) is 5.82 Å². The predicted octanol–water partition coefficient (Wildman–Crippen LogP) is 4.13. The molecule has 1 aromatic rings. The number of halogens is 3. The maximum absolute atomic E-state index is 13.1. The van der Waals surface area contributed by atoms with Crippen LogP contribution in [0.5, 0.6) is 0 Å². The van der Waals surface area contributed by atoms with Gasteiger partial charge in [0.15, 0.2) is 0 Å². The fraction of sp³-hybridized carbons (Fsp3) is 0.500. The maximum atomic E-state index is 13.1. The Balaban J connectivity index is 2.51. The van der Waals surface area contributed by atoms with Crippen LogP contribution in [-0.2, 0) is 6.54 Å². The first-order chi connectivity index (χ1) is 7.50. The van der Waals surface area contributed by atoms with Gasteiger partial charge < -0.3 is 5.32 Å². The maximum Gasteiger partial charge on any atom is 0.142 e. The van der Waals surface area contributed by atoms with Crippen LogP contribution in [0, 0.1) is 5.82 Å². The standard InChI is InChI=1S/C12H16BrClFN/c1-8(13)6-9(2)16-7-10-4-3-5-11(15)12(10)14/h3-5,8-9,16H,6-7H2,1-2H3. The number of hydrogen-bond donors (Lipinski definition) is 1. The fourth-order valence-corrected chi connectivity index (χ4v) is 2.29. The second-order valence-corrected chi connectivity index (χ2v) is 5.95. The van der Waals surface area contributed by atoms with E-state index in [1.165, 1.54) is 6.07 Å². The van der Waals surface area contributed by atoms with Crippen LogP contribution in [0.3, 0.4) is 0 Å². The first-order valence-corrected chi connectivity index (χ1v) is 6.60. The molecule has 2 atom stereocenters. The van der Waals surface area contributed by atoms with Gasteiger partial charge in [-0.2, -0.15) is 0 Å². The van der Waals surface area contributed by atoms with Gasteiger partial charge in [-0.3, -0.25) is 0 Å². The molecule has 0 aliphatic carbocycles. The highest BCUT2D eigenvalue weighted by Crippen LogP contribution is 2.19. The zero-order chi connectivity index (χ0) is 12.1. The monoisotopic (exact) mass is 307 g/mol. The van der Waals surface area contributed by atoms with Gasteiger partial charge in [0, 0.05) is 17.4 Å². The Labute approximate surface area is 110 Å². The van der Waals surface area contributed by atoms with E-state index in [4.69, 9.17) is 11.6 Å². The Morgan fingerprint density at radius 1 is 1.44 bits per heavy atom. The van der Waals surface area contributed by atoms with Gasteiger partial charge >= 0.3 is 0 Å². The van der Waals surface area contributed by atoms with Crippen LogP contribution in [0.25, 0.3) is 0 Å². The van der Waals surface area contributed by atoms with Gasteiger partial charge in [-0.15, -0.1) is 0 Å². The minimum atomic E-state index is -0.359. The third-order valence-electron chi connectivity index (χ3n) is 2.35. The average molecular weight is 309 g/mol. The zero-order valence-electron chi connectivity index (χ0n) is 9.43. The molecule has 0 saturated heterocycles. The van der Waals surface area contributed by atoms with Crippen LogP contribution in [0.1, 0.15) is 25.8 Å². The molecular formula is C12H16BrClFN. The highest BCUT2D eigenvalue weighted by molar-refractivity contribution is 9.09. The molecule has 90 valence electrons. The SMILES string of the molecule is CC(Br)CC(C)NCc1cccc(F)c1Cl. The van der Waals surface area contributed by atoms with E-state index in [1.54, 1.807) is 6.07 Å². The van der Waals surface area contributed by atoms with E-state index in [0.29, 0.717) is 17.4 Å². The lowest BCUT2D eigenvalue weighted by Crippen LogP contribution is -2.27. The first-order valence-electron chi connectivity index (χ1n) is 5.31. The Kier molecular flexibility index (Phi) is 5.73. The van der Waals surface area contributed by atoms with E-state index in [0.717, 1.165) is 12.0 Å². The topological polar surface area (TPSA) is 12.0 Å². The molecular weight excluding hydrogens is 292 g/mol. The van der Waals surface area contributed by atoms with Crippen molar-refractivity contribution in [1.82, 2.24) is 5.32 Å². The number of benzene rings is 1. The number of rotatable bonds is 5. The molecule has 1 nitrogen and oxygen atoms in total. The van der Waals surface area contributed by atoms with Crippen molar-refractivity contribution in [1.29, 1.82) is 0 Å². The third kappa shape index (κ3) is 4.40. The van der Waals surface area contributed by atoms with Crippen LogP contribution in [0.2, 0.25) is 5.02 Å². The lowest BCUT2D eigenvalue weighted by atomic mass is 10.1. The average Bonchev–Trinajstić information content (AvgIpc) is 2.19. The molecule has 0 bridgehead atoms. The zero-order valence-corrected chi connectivity index (χ0v) is 11.8. The van der Waals surface area contributed by atoms with Crippen LogP contribution >= 0.6 is 27.5 Å². The van der Waals surface area contributed by atoms with Gasteiger partial charge in [0.05, 0.1) is 5.02 Å². The van der Waals surface area contributed by atoms with Crippen LogP contribution in [0.4, 0.5) is 4.39 Å². The molecule has 16 heavy (non-hydrogen) atoms. The summed E-state index contributed by atoms with van der Waals surface area (Å²) in [7, 11) is 0. The van der Waals surface area contributed by atoms with Crippen molar-refractivity contribution >= 4 is 27.5 Å². The second-order valence-electron chi connectivity index (χ2n) is 4.01. The molecule has 0 aliphatic heterocycles. The Morgan fingerprint density at radius 3 is 2.75 bits per heavy atom. The van der Waals surface area contributed by atoms with Gasteiger partial charge in [-0.1, -0.05) is 46.6 Å². The number of hydrogen-bond acceptors (Lipinski definition) is 1.